The zero-order valence-electron chi connectivity index (χ0n) is 14.1. The Morgan fingerprint density at radius 2 is 1.92 bits per heavy atom. The molecule has 1 aliphatic heterocycles. The van der Waals surface area contributed by atoms with Crippen molar-refractivity contribution in [2.75, 3.05) is 20.0 Å². The second-order valence-electron chi connectivity index (χ2n) is 5.63. The van der Waals surface area contributed by atoms with Gasteiger partial charge in [0.1, 0.15) is 5.37 Å². The van der Waals surface area contributed by atoms with Crippen molar-refractivity contribution in [1.82, 2.24) is 4.90 Å². The normalized spacial score (nSPS) is 16.9. The van der Waals surface area contributed by atoms with Crippen LogP contribution in [0.3, 0.4) is 0 Å². The molecular weight excluding hydrogens is 428 g/mol. The first-order valence-corrected chi connectivity index (χ1v) is 9.55. The molecule has 2 aromatic carbocycles. The van der Waals surface area contributed by atoms with Crippen molar-refractivity contribution in [2.24, 2.45) is 0 Å². The molecule has 0 saturated carbocycles. The molecule has 1 atom stereocenters. The Hall–Kier alpha value is -1.80. The highest BCUT2D eigenvalue weighted by Gasteiger charge is 2.35. The van der Waals surface area contributed by atoms with Gasteiger partial charge in [0.15, 0.2) is 23.1 Å². The topological polar surface area (TPSA) is 38.8 Å². The summed E-state index contributed by atoms with van der Waals surface area (Å²) < 4.78 is 38.9. The molecular formula is C18H16BrF2NO3S. The van der Waals surface area contributed by atoms with E-state index in [2.05, 4.69) is 15.9 Å². The zero-order chi connectivity index (χ0) is 18.8. The highest BCUT2D eigenvalue weighted by Crippen LogP contribution is 2.45. The number of halogens is 3. The van der Waals surface area contributed by atoms with E-state index in [4.69, 9.17) is 9.47 Å². The number of thioether (sulfide) groups is 1. The Morgan fingerprint density at radius 1 is 1.23 bits per heavy atom. The summed E-state index contributed by atoms with van der Waals surface area (Å²) in [4.78, 5) is 13.9. The predicted octanol–water partition coefficient (Wildman–Crippen LogP) is 4.52. The highest BCUT2D eigenvalue weighted by atomic mass is 79.9. The second-order valence-corrected chi connectivity index (χ2v) is 7.55. The van der Waals surface area contributed by atoms with Gasteiger partial charge in [0.05, 0.1) is 26.5 Å². The third-order valence-electron chi connectivity index (χ3n) is 4.11. The van der Waals surface area contributed by atoms with Crippen molar-refractivity contribution < 1.29 is 23.0 Å². The van der Waals surface area contributed by atoms with Crippen molar-refractivity contribution in [3.8, 4) is 11.5 Å². The molecule has 8 heteroatoms. The Labute approximate surface area is 162 Å². The molecule has 0 N–H and O–H groups in total. The van der Waals surface area contributed by atoms with Crippen LogP contribution in [0.4, 0.5) is 8.78 Å². The average Bonchev–Trinajstić information content (AvgIpc) is 2.99. The van der Waals surface area contributed by atoms with Gasteiger partial charge in [-0.2, -0.15) is 0 Å². The minimum absolute atomic E-state index is 0.0130. The number of benzene rings is 2. The molecule has 138 valence electrons. The van der Waals surface area contributed by atoms with Crippen molar-refractivity contribution >= 4 is 33.6 Å². The second kappa shape index (κ2) is 7.84. The first-order chi connectivity index (χ1) is 12.5. The molecule has 0 spiro atoms. The first kappa shape index (κ1) is 19.0. The van der Waals surface area contributed by atoms with Crippen molar-refractivity contribution in [1.29, 1.82) is 0 Å². The van der Waals surface area contributed by atoms with Gasteiger partial charge in [-0.05, 0) is 18.2 Å². The fraction of sp³-hybridized carbons (Fsp3) is 0.278. The number of methoxy groups -OCH3 is 2. The number of ether oxygens (including phenoxy) is 2. The summed E-state index contributed by atoms with van der Waals surface area (Å²) in [6.07, 6.45) is 0. The monoisotopic (exact) mass is 443 g/mol. The molecule has 1 unspecified atom stereocenters. The molecule has 0 radical (unpaired) electrons. The van der Waals surface area contributed by atoms with E-state index in [1.807, 2.05) is 0 Å². The smallest absolute Gasteiger partial charge is 0.234 e. The third-order valence-corrected chi connectivity index (χ3v) is 6.03. The maximum Gasteiger partial charge on any atom is 0.234 e. The van der Waals surface area contributed by atoms with E-state index in [1.54, 1.807) is 12.1 Å². The summed E-state index contributed by atoms with van der Waals surface area (Å²) in [5.41, 5.74) is 0.942. The molecule has 3 rings (SSSR count). The Kier molecular flexibility index (Phi) is 5.72. The number of nitrogens with zero attached hydrogens (tertiary/aromatic N) is 1. The summed E-state index contributed by atoms with van der Waals surface area (Å²) in [6.45, 7) is -0.0130. The fourth-order valence-corrected chi connectivity index (χ4v) is 4.70. The van der Waals surface area contributed by atoms with E-state index in [0.29, 0.717) is 11.5 Å². The van der Waals surface area contributed by atoms with E-state index in [0.717, 1.165) is 16.1 Å². The average molecular weight is 444 g/mol. The van der Waals surface area contributed by atoms with Crippen molar-refractivity contribution in [2.45, 2.75) is 11.9 Å². The minimum atomic E-state index is -0.928. The van der Waals surface area contributed by atoms with Crippen LogP contribution >= 0.6 is 27.7 Å². The first-order valence-electron chi connectivity index (χ1n) is 7.71. The molecule has 1 aliphatic rings. The molecule has 0 bridgehead atoms. The predicted molar refractivity (Wildman–Crippen MR) is 99.4 cm³/mol. The number of hydrogen-bond donors (Lipinski definition) is 0. The van der Waals surface area contributed by atoms with E-state index in [1.165, 1.54) is 43.0 Å². The Morgan fingerprint density at radius 3 is 2.62 bits per heavy atom. The number of carbonyl (C=O) groups is 1. The lowest BCUT2D eigenvalue weighted by Crippen LogP contribution is -2.28. The van der Waals surface area contributed by atoms with Crippen LogP contribution in [-0.2, 0) is 11.3 Å². The largest absolute Gasteiger partial charge is 0.493 e. The van der Waals surface area contributed by atoms with Crippen LogP contribution in [0.15, 0.2) is 34.8 Å². The SMILES string of the molecule is COc1cc(Br)c(C2SCC(=O)N2Cc2cccc(F)c2F)cc1OC. The Balaban J connectivity index is 1.97. The van der Waals surface area contributed by atoms with Crippen LogP contribution in [0.1, 0.15) is 16.5 Å². The van der Waals surface area contributed by atoms with Crippen molar-refractivity contribution in [3.63, 3.8) is 0 Å². The van der Waals surface area contributed by atoms with Crippen LogP contribution in [0, 0.1) is 11.6 Å². The van der Waals surface area contributed by atoms with E-state index in [-0.39, 0.29) is 29.1 Å². The molecule has 1 amide bonds. The van der Waals surface area contributed by atoms with Crippen molar-refractivity contribution in [3.05, 3.63) is 57.6 Å². The quantitative estimate of drug-likeness (QED) is 0.680. The summed E-state index contributed by atoms with van der Waals surface area (Å²) >= 11 is 4.92. The van der Waals surface area contributed by atoms with Gasteiger partial charge >= 0.3 is 0 Å². The number of amides is 1. The zero-order valence-corrected chi connectivity index (χ0v) is 16.5. The molecule has 1 fully saturated rings. The van der Waals surface area contributed by atoms with Gasteiger partial charge in [0.2, 0.25) is 5.91 Å². The maximum absolute atomic E-state index is 14.0. The molecule has 0 aromatic heterocycles. The van der Waals surface area contributed by atoms with Gasteiger partial charge in [-0.1, -0.05) is 28.1 Å². The lowest BCUT2D eigenvalue weighted by molar-refractivity contribution is -0.128. The molecule has 4 nitrogen and oxygen atoms in total. The van der Waals surface area contributed by atoms with Crippen LogP contribution in [0.25, 0.3) is 0 Å². The number of hydrogen-bond acceptors (Lipinski definition) is 4. The van der Waals surface area contributed by atoms with Gasteiger partial charge < -0.3 is 14.4 Å². The van der Waals surface area contributed by atoms with Gasteiger partial charge in [-0.25, -0.2) is 8.78 Å². The van der Waals surface area contributed by atoms with Gasteiger partial charge in [-0.3, -0.25) is 4.79 Å². The molecule has 26 heavy (non-hydrogen) atoms. The van der Waals surface area contributed by atoms with E-state index < -0.39 is 11.6 Å². The van der Waals surface area contributed by atoms with Crippen LogP contribution in [0.5, 0.6) is 11.5 Å². The minimum Gasteiger partial charge on any atom is -0.493 e. The maximum atomic E-state index is 14.0. The van der Waals surface area contributed by atoms with Crippen LogP contribution < -0.4 is 9.47 Å². The standard InChI is InChI=1S/C18H16BrF2NO3S/c1-24-14-6-11(12(19)7-15(14)25-2)18-22(16(23)9-26-18)8-10-4-3-5-13(20)17(10)21/h3-7,18H,8-9H2,1-2H3. The van der Waals surface area contributed by atoms with Gasteiger partial charge in [0.25, 0.3) is 0 Å². The lowest BCUT2D eigenvalue weighted by Gasteiger charge is -2.26. The Bertz CT molecular complexity index is 849. The highest BCUT2D eigenvalue weighted by molar-refractivity contribution is 9.10. The molecule has 2 aromatic rings. The van der Waals surface area contributed by atoms with Crippen LogP contribution in [0.2, 0.25) is 0 Å². The summed E-state index contributed by atoms with van der Waals surface area (Å²) in [7, 11) is 3.07. The third kappa shape index (κ3) is 3.53. The fourth-order valence-electron chi connectivity index (χ4n) is 2.80. The van der Waals surface area contributed by atoms with E-state index >= 15 is 0 Å². The molecule has 0 aliphatic carbocycles. The van der Waals surface area contributed by atoms with Gasteiger partial charge in [0, 0.05) is 15.6 Å². The van der Waals surface area contributed by atoms with Crippen LogP contribution in [-0.4, -0.2) is 30.8 Å². The van der Waals surface area contributed by atoms with Gasteiger partial charge in [-0.15, -0.1) is 11.8 Å². The number of rotatable bonds is 5. The number of carbonyl (C=O) groups excluding carboxylic acids is 1. The summed E-state index contributed by atoms with van der Waals surface area (Å²) in [5, 5.41) is -0.348. The molecule has 1 saturated heterocycles. The lowest BCUT2D eigenvalue weighted by atomic mass is 10.1. The summed E-state index contributed by atoms with van der Waals surface area (Å²) in [6, 6.07) is 7.52. The van der Waals surface area contributed by atoms with E-state index in [9.17, 15) is 13.6 Å². The molecule has 1 heterocycles. The summed E-state index contributed by atoms with van der Waals surface area (Å²) in [5.74, 6) is -0.636.